The van der Waals surface area contributed by atoms with Crippen LogP contribution in [0.2, 0.25) is 5.02 Å². The molecule has 226 valence electrons. The van der Waals surface area contributed by atoms with E-state index in [0.717, 1.165) is 26.1 Å². The number of rotatable bonds is 9. The fraction of sp³-hybridized carbons (Fsp3) is 0.379. The maximum absolute atomic E-state index is 13.4. The number of aromatic nitrogens is 4. The van der Waals surface area contributed by atoms with Crippen LogP contribution in [0.25, 0.3) is 16.8 Å². The van der Waals surface area contributed by atoms with E-state index in [1.807, 2.05) is 4.90 Å². The second-order valence-electron chi connectivity index (χ2n) is 10.6. The Labute approximate surface area is 250 Å². The molecule has 0 unspecified atom stereocenters. The van der Waals surface area contributed by atoms with Gasteiger partial charge in [0.15, 0.2) is 11.3 Å². The SMILES string of the molecule is CN(C1CCN(C(=O)Cn2cc(NC(=O)c3cnc4cccnn34)c(-c3cc(Cl)ccc3OC(F)F)c2)CC1)C1COC1. The van der Waals surface area contributed by atoms with Crippen LogP contribution in [0.1, 0.15) is 23.3 Å². The number of fused-ring (bicyclic) bond motifs is 1. The van der Waals surface area contributed by atoms with Crippen molar-refractivity contribution in [2.75, 3.05) is 38.7 Å². The summed E-state index contributed by atoms with van der Waals surface area (Å²) in [5, 5.41) is 7.29. The van der Waals surface area contributed by atoms with Gasteiger partial charge in [0.25, 0.3) is 5.91 Å². The topological polar surface area (TPSA) is 106 Å². The highest BCUT2D eigenvalue weighted by Crippen LogP contribution is 2.39. The molecule has 0 spiro atoms. The molecule has 3 aromatic heterocycles. The highest BCUT2D eigenvalue weighted by Gasteiger charge is 2.32. The van der Waals surface area contributed by atoms with Crippen LogP contribution in [0.5, 0.6) is 5.75 Å². The zero-order valence-corrected chi connectivity index (χ0v) is 24.1. The summed E-state index contributed by atoms with van der Waals surface area (Å²) in [5.74, 6) is -0.745. The van der Waals surface area contributed by atoms with Gasteiger partial charge in [-0.1, -0.05) is 11.6 Å². The van der Waals surface area contributed by atoms with Crippen LogP contribution in [0, 0.1) is 0 Å². The number of piperidine rings is 1. The zero-order valence-electron chi connectivity index (χ0n) is 23.3. The molecule has 2 aliphatic heterocycles. The molecule has 2 amide bonds. The first-order chi connectivity index (χ1) is 20.8. The van der Waals surface area contributed by atoms with Crippen molar-refractivity contribution in [1.82, 2.24) is 29.0 Å². The summed E-state index contributed by atoms with van der Waals surface area (Å²) in [6.45, 7) is -0.348. The number of ether oxygens (including phenoxy) is 2. The van der Waals surface area contributed by atoms with Gasteiger partial charge in [0, 0.05) is 53.9 Å². The monoisotopic (exact) mass is 613 g/mol. The Balaban J connectivity index is 1.25. The van der Waals surface area contributed by atoms with Gasteiger partial charge in [0.05, 0.1) is 31.1 Å². The number of likely N-dealkylation sites (N-methyl/N-ethyl adjacent to an activating group) is 1. The first-order valence-corrected chi connectivity index (χ1v) is 14.3. The van der Waals surface area contributed by atoms with E-state index in [1.165, 1.54) is 35.1 Å². The average molecular weight is 614 g/mol. The number of benzene rings is 1. The first kappa shape index (κ1) is 29.0. The van der Waals surface area contributed by atoms with Gasteiger partial charge in [-0.05, 0) is 50.2 Å². The summed E-state index contributed by atoms with van der Waals surface area (Å²) in [6, 6.07) is 8.48. The molecular formula is C29H30ClF2N7O4. The number of likely N-dealkylation sites (tertiary alicyclic amines) is 1. The number of alkyl halides is 2. The van der Waals surface area contributed by atoms with Crippen molar-refractivity contribution >= 4 is 34.7 Å². The number of halogens is 3. The van der Waals surface area contributed by atoms with Crippen molar-refractivity contribution < 1.29 is 27.8 Å². The number of nitrogens with one attached hydrogen (secondary N) is 1. The molecule has 0 atom stereocenters. The van der Waals surface area contributed by atoms with Crippen LogP contribution in [-0.4, -0.2) is 92.8 Å². The fourth-order valence-corrected chi connectivity index (χ4v) is 5.70. The number of nitrogens with zero attached hydrogens (tertiary/aromatic N) is 6. The highest BCUT2D eigenvalue weighted by atomic mass is 35.5. The van der Waals surface area contributed by atoms with E-state index in [9.17, 15) is 18.4 Å². The average Bonchev–Trinajstić information content (AvgIpc) is 3.57. The van der Waals surface area contributed by atoms with Gasteiger partial charge < -0.3 is 24.3 Å². The smallest absolute Gasteiger partial charge is 0.387 e. The Morgan fingerprint density at radius 1 is 1.16 bits per heavy atom. The lowest BCUT2D eigenvalue weighted by atomic mass is 10.0. The van der Waals surface area contributed by atoms with Gasteiger partial charge in [-0.15, -0.1) is 0 Å². The number of anilines is 1. The minimum atomic E-state index is -3.08. The predicted molar refractivity (Wildman–Crippen MR) is 154 cm³/mol. The molecule has 4 aromatic rings. The molecule has 0 bridgehead atoms. The summed E-state index contributed by atoms with van der Waals surface area (Å²) in [5.41, 5.74) is 1.50. The van der Waals surface area contributed by atoms with Crippen LogP contribution in [0.15, 0.2) is 55.1 Å². The largest absolute Gasteiger partial charge is 0.434 e. The molecule has 0 aliphatic carbocycles. The Kier molecular flexibility index (Phi) is 8.28. The lowest BCUT2D eigenvalue weighted by Gasteiger charge is -2.43. The molecule has 1 N–H and O–H groups in total. The minimum absolute atomic E-state index is 0.0113. The summed E-state index contributed by atoms with van der Waals surface area (Å²) in [4.78, 5) is 35.1. The number of amides is 2. The van der Waals surface area contributed by atoms with Gasteiger partial charge in [-0.3, -0.25) is 14.5 Å². The standard InChI is InChI=1S/C29H30ClF2N7O4/c1-36(20-16-42-17-20)19-6-9-38(10-7-19)27(40)15-37-13-22(21-11-18(30)4-5-25(21)43-29(31)32)23(14-37)35-28(41)24-12-33-26-3-2-8-34-39(24)26/h2-5,8,11-14,19-20,29H,6-7,9-10,15-17H2,1H3,(H,35,41). The number of hydrogen-bond donors (Lipinski definition) is 1. The second-order valence-corrected chi connectivity index (χ2v) is 11.1. The van der Waals surface area contributed by atoms with E-state index < -0.39 is 12.5 Å². The molecule has 5 heterocycles. The van der Waals surface area contributed by atoms with Crippen LogP contribution in [0.3, 0.4) is 0 Å². The number of carbonyl (C=O) groups excluding carboxylic acids is 2. The van der Waals surface area contributed by atoms with Crippen molar-refractivity contribution in [2.24, 2.45) is 0 Å². The van der Waals surface area contributed by atoms with E-state index >= 15 is 0 Å². The first-order valence-electron chi connectivity index (χ1n) is 13.9. The van der Waals surface area contributed by atoms with Crippen molar-refractivity contribution in [3.8, 4) is 16.9 Å². The third kappa shape index (κ3) is 6.19. The van der Waals surface area contributed by atoms with Crippen molar-refractivity contribution in [3.05, 3.63) is 65.8 Å². The third-order valence-electron chi connectivity index (χ3n) is 7.99. The third-order valence-corrected chi connectivity index (χ3v) is 8.23. The van der Waals surface area contributed by atoms with E-state index in [1.54, 1.807) is 29.1 Å². The van der Waals surface area contributed by atoms with Gasteiger partial charge in [0.2, 0.25) is 5.91 Å². The fourth-order valence-electron chi connectivity index (χ4n) is 5.53. The lowest BCUT2D eigenvalue weighted by molar-refractivity contribution is -0.134. The molecule has 43 heavy (non-hydrogen) atoms. The highest BCUT2D eigenvalue weighted by molar-refractivity contribution is 6.31. The molecule has 1 aromatic carbocycles. The van der Waals surface area contributed by atoms with Crippen LogP contribution < -0.4 is 10.1 Å². The molecule has 0 saturated carbocycles. The van der Waals surface area contributed by atoms with Crippen molar-refractivity contribution in [1.29, 1.82) is 0 Å². The lowest BCUT2D eigenvalue weighted by Crippen LogP contribution is -2.54. The zero-order chi connectivity index (χ0) is 30.1. The summed E-state index contributed by atoms with van der Waals surface area (Å²) >= 11 is 6.24. The number of hydrogen-bond acceptors (Lipinski definition) is 7. The van der Waals surface area contributed by atoms with E-state index in [2.05, 4.69) is 27.3 Å². The van der Waals surface area contributed by atoms with Crippen LogP contribution in [-0.2, 0) is 16.1 Å². The molecule has 14 heteroatoms. The second kappa shape index (κ2) is 12.3. The molecule has 6 rings (SSSR count). The van der Waals surface area contributed by atoms with Gasteiger partial charge >= 0.3 is 6.61 Å². The van der Waals surface area contributed by atoms with Crippen LogP contribution >= 0.6 is 11.6 Å². The van der Waals surface area contributed by atoms with Gasteiger partial charge in [-0.2, -0.15) is 13.9 Å². The maximum Gasteiger partial charge on any atom is 0.387 e. The minimum Gasteiger partial charge on any atom is -0.434 e. The Bertz CT molecular complexity index is 1630. The Morgan fingerprint density at radius 3 is 2.67 bits per heavy atom. The summed E-state index contributed by atoms with van der Waals surface area (Å²) in [7, 11) is 2.11. The Morgan fingerprint density at radius 2 is 1.95 bits per heavy atom. The van der Waals surface area contributed by atoms with Gasteiger partial charge in [0.1, 0.15) is 12.3 Å². The normalized spacial score (nSPS) is 16.2. The maximum atomic E-state index is 13.4. The van der Waals surface area contributed by atoms with E-state index in [0.29, 0.717) is 36.4 Å². The van der Waals surface area contributed by atoms with Crippen molar-refractivity contribution in [3.63, 3.8) is 0 Å². The Hall–Kier alpha value is -4.07. The summed E-state index contributed by atoms with van der Waals surface area (Å²) < 4.78 is 39.7. The molecule has 11 nitrogen and oxygen atoms in total. The number of carbonyl (C=O) groups is 2. The van der Waals surface area contributed by atoms with E-state index in [4.69, 9.17) is 21.1 Å². The van der Waals surface area contributed by atoms with Crippen LogP contribution in [0.4, 0.5) is 14.5 Å². The van der Waals surface area contributed by atoms with Crippen molar-refractivity contribution in [2.45, 2.75) is 38.1 Å². The summed E-state index contributed by atoms with van der Waals surface area (Å²) in [6.07, 6.45) is 7.85. The predicted octanol–water partition coefficient (Wildman–Crippen LogP) is 4.03. The van der Waals surface area contributed by atoms with E-state index in [-0.39, 0.29) is 40.2 Å². The molecule has 2 fully saturated rings. The molecular weight excluding hydrogens is 584 g/mol. The molecule has 0 radical (unpaired) electrons. The molecule has 2 aliphatic rings. The molecule has 2 saturated heterocycles. The quantitative estimate of drug-likeness (QED) is 0.304. The number of imidazole rings is 1. The van der Waals surface area contributed by atoms with Gasteiger partial charge in [-0.25, -0.2) is 9.50 Å².